The standard InChI is InChI=1S/C22H30N4O2S/c1-18(25-10-8-24(9-11-25)17-21-3-2-16-29-21)22(27)23-19-4-6-20(7-5-19)26-12-14-28-15-13-26/h2-7,16,18H,8-15,17H2,1H3,(H,23,27)/t18-/m0/s1. The minimum absolute atomic E-state index is 0.0656. The van der Waals surface area contributed by atoms with E-state index in [4.69, 9.17) is 4.74 Å². The third-order valence-corrected chi connectivity index (χ3v) is 6.67. The fraction of sp³-hybridized carbons (Fsp3) is 0.500. The first-order valence-electron chi connectivity index (χ1n) is 10.4. The van der Waals surface area contributed by atoms with E-state index >= 15 is 0 Å². The Labute approximate surface area is 177 Å². The van der Waals surface area contributed by atoms with E-state index in [-0.39, 0.29) is 11.9 Å². The number of anilines is 2. The summed E-state index contributed by atoms with van der Waals surface area (Å²) in [6, 6.07) is 12.3. The summed E-state index contributed by atoms with van der Waals surface area (Å²) in [4.78, 5) is 21.2. The van der Waals surface area contributed by atoms with Gasteiger partial charge in [0.05, 0.1) is 19.3 Å². The van der Waals surface area contributed by atoms with Crippen LogP contribution in [0.4, 0.5) is 11.4 Å². The second-order valence-corrected chi connectivity index (χ2v) is 8.74. The van der Waals surface area contributed by atoms with Gasteiger partial charge >= 0.3 is 0 Å². The molecule has 2 saturated heterocycles. The van der Waals surface area contributed by atoms with Crippen LogP contribution in [0.15, 0.2) is 41.8 Å². The highest BCUT2D eigenvalue weighted by Gasteiger charge is 2.25. The number of hydrogen-bond acceptors (Lipinski definition) is 6. The first kappa shape index (κ1) is 20.3. The molecule has 7 heteroatoms. The molecule has 2 aliphatic rings. The molecule has 29 heavy (non-hydrogen) atoms. The number of carbonyl (C=O) groups is 1. The lowest BCUT2D eigenvalue weighted by atomic mass is 10.2. The molecule has 1 aromatic carbocycles. The van der Waals surface area contributed by atoms with Crippen LogP contribution in [0.3, 0.4) is 0 Å². The highest BCUT2D eigenvalue weighted by atomic mass is 32.1. The molecule has 6 nitrogen and oxygen atoms in total. The molecule has 0 saturated carbocycles. The Bertz CT molecular complexity index is 767. The molecule has 0 bridgehead atoms. The minimum Gasteiger partial charge on any atom is -0.378 e. The van der Waals surface area contributed by atoms with Gasteiger partial charge < -0.3 is 15.0 Å². The first-order valence-corrected chi connectivity index (χ1v) is 11.3. The van der Waals surface area contributed by atoms with Crippen LogP contribution in [0.5, 0.6) is 0 Å². The van der Waals surface area contributed by atoms with Crippen molar-refractivity contribution in [1.29, 1.82) is 0 Å². The van der Waals surface area contributed by atoms with Gasteiger partial charge in [0.2, 0.25) is 5.91 Å². The van der Waals surface area contributed by atoms with Gasteiger partial charge in [-0.2, -0.15) is 0 Å². The lowest BCUT2D eigenvalue weighted by molar-refractivity contribution is -0.121. The number of carbonyl (C=O) groups excluding carboxylic acids is 1. The molecule has 1 atom stereocenters. The number of rotatable bonds is 6. The van der Waals surface area contributed by atoms with E-state index in [2.05, 4.69) is 49.7 Å². The summed E-state index contributed by atoms with van der Waals surface area (Å²) in [5.74, 6) is 0.0656. The third-order valence-electron chi connectivity index (χ3n) is 5.80. The average molecular weight is 415 g/mol. The second-order valence-electron chi connectivity index (χ2n) is 7.70. The van der Waals surface area contributed by atoms with Gasteiger partial charge in [-0.25, -0.2) is 0 Å². The van der Waals surface area contributed by atoms with Crippen LogP contribution < -0.4 is 10.2 Å². The molecule has 0 aliphatic carbocycles. The van der Waals surface area contributed by atoms with Crippen LogP contribution in [-0.4, -0.2) is 74.2 Å². The number of hydrogen-bond donors (Lipinski definition) is 1. The van der Waals surface area contributed by atoms with Crippen LogP contribution >= 0.6 is 11.3 Å². The fourth-order valence-electron chi connectivity index (χ4n) is 3.92. The van der Waals surface area contributed by atoms with Gasteiger partial charge in [0, 0.05) is 62.1 Å². The number of nitrogens with zero attached hydrogens (tertiary/aromatic N) is 3. The van der Waals surface area contributed by atoms with E-state index < -0.39 is 0 Å². The second kappa shape index (κ2) is 9.71. The van der Waals surface area contributed by atoms with Gasteiger partial charge in [-0.05, 0) is 42.6 Å². The molecule has 0 spiro atoms. The highest BCUT2D eigenvalue weighted by Crippen LogP contribution is 2.20. The van der Waals surface area contributed by atoms with Crippen molar-refractivity contribution in [3.63, 3.8) is 0 Å². The van der Waals surface area contributed by atoms with Crippen LogP contribution in [0.25, 0.3) is 0 Å². The van der Waals surface area contributed by atoms with Crippen LogP contribution in [0.1, 0.15) is 11.8 Å². The summed E-state index contributed by atoms with van der Waals surface area (Å²) in [6.07, 6.45) is 0. The van der Waals surface area contributed by atoms with E-state index in [0.29, 0.717) is 0 Å². The normalized spacial score (nSPS) is 19.8. The molecule has 3 heterocycles. The van der Waals surface area contributed by atoms with Gasteiger partial charge in [0.1, 0.15) is 0 Å². The maximum absolute atomic E-state index is 12.7. The Morgan fingerprint density at radius 3 is 2.45 bits per heavy atom. The third kappa shape index (κ3) is 5.36. The number of morpholine rings is 1. The van der Waals surface area contributed by atoms with Crippen molar-refractivity contribution >= 4 is 28.6 Å². The van der Waals surface area contributed by atoms with Gasteiger partial charge in [0.25, 0.3) is 0 Å². The summed E-state index contributed by atoms with van der Waals surface area (Å²) in [7, 11) is 0. The van der Waals surface area contributed by atoms with Crippen LogP contribution in [0, 0.1) is 0 Å². The van der Waals surface area contributed by atoms with E-state index in [9.17, 15) is 4.79 Å². The monoisotopic (exact) mass is 414 g/mol. The Morgan fingerprint density at radius 2 is 1.79 bits per heavy atom. The van der Waals surface area contributed by atoms with E-state index in [1.165, 1.54) is 10.6 Å². The minimum atomic E-state index is -0.127. The van der Waals surface area contributed by atoms with Crippen molar-refractivity contribution < 1.29 is 9.53 Å². The molecular weight excluding hydrogens is 384 g/mol. The lowest BCUT2D eigenvalue weighted by Gasteiger charge is -2.37. The molecule has 1 aromatic heterocycles. The Kier molecular flexibility index (Phi) is 6.82. The number of benzene rings is 1. The number of ether oxygens (including phenoxy) is 1. The summed E-state index contributed by atoms with van der Waals surface area (Å²) in [6.45, 7) is 10.3. The van der Waals surface area contributed by atoms with Crippen molar-refractivity contribution in [3.05, 3.63) is 46.7 Å². The Hall–Kier alpha value is -1.93. The Morgan fingerprint density at radius 1 is 1.07 bits per heavy atom. The zero-order valence-corrected chi connectivity index (χ0v) is 17.9. The summed E-state index contributed by atoms with van der Waals surface area (Å²) >= 11 is 1.81. The highest BCUT2D eigenvalue weighted by molar-refractivity contribution is 7.09. The van der Waals surface area contributed by atoms with E-state index in [1.807, 2.05) is 30.4 Å². The van der Waals surface area contributed by atoms with E-state index in [1.54, 1.807) is 0 Å². The number of amides is 1. The molecule has 2 aliphatic heterocycles. The summed E-state index contributed by atoms with van der Waals surface area (Å²) in [5, 5.41) is 5.21. The topological polar surface area (TPSA) is 48.1 Å². The SMILES string of the molecule is C[C@@H](C(=O)Nc1ccc(N2CCOCC2)cc1)N1CCN(Cc2cccs2)CC1. The largest absolute Gasteiger partial charge is 0.378 e. The maximum atomic E-state index is 12.7. The zero-order chi connectivity index (χ0) is 20.1. The molecule has 4 rings (SSSR count). The van der Waals surface area contributed by atoms with Crippen LogP contribution in [-0.2, 0) is 16.1 Å². The molecule has 0 radical (unpaired) electrons. The molecule has 2 fully saturated rings. The molecule has 1 amide bonds. The van der Waals surface area contributed by atoms with Gasteiger partial charge in [-0.3, -0.25) is 14.6 Å². The van der Waals surface area contributed by atoms with Crippen LogP contribution in [0.2, 0.25) is 0 Å². The smallest absolute Gasteiger partial charge is 0.241 e. The predicted molar refractivity (Wildman–Crippen MR) is 119 cm³/mol. The predicted octanol–water partition coefficient (Wildman–Crippen LogP) is 2.73. The van der Waals surface area contributed by atoms with Crippen molar-refractivity contribution in [2.75, 3.05) is 62.7 Å². The molecule has 0 unspecified atom stereocenters. The average Bonchev–Trinajstić information content (AvgIpc) is 3.28. The molecule has 156 valence electrons. The van der Waals surface area contributed by atoms with Crippen molar-refractivity contribution in [1.82, 2.24) is 9.80 Å². The molecular formula is C22H30N4O2S. The first-order chi connectivity index (χ1) is 14.2. The fourth-order valence-corrected chi connectivity index (χ4v) is 4.67. The molecule has 1 N–H and O–H groups in total. The number of thiophene rings is 1. The zero-order valence-electron chi connectivity index (χ0n) is 17.0. The van der Waals surface area contributed by atoms with E-state index in [0.717, 1.165) is 64.7 Å². The van der Waals surface area contributed by atoms with Crippen molar-refractivity contribution in [3.8, 4) is 0 Å². The Balaban J connectivity index is 1.25. The summed E-state index contributed by atoms with van der Waals surface area (Å²) < 4.78 is 5.41. The van der Waals surface area contributed by atoms with Gasteiger partial charge in [-0.15, -0.1) is 11.3 Å². The van der Waals surface area contributed by atoms with Crippen molar-refractivity contribution in [2.45, 2.75) is 19.5 Å². The number of nitrogens with one attached hydrogen (secondary N) is 1. The summed E-state index contributed by atoms with van der Waals surface area (Å²) in [5.41, 5.74) is 2.04. The quantitative estimate of drug-likeness (QED) is 0.788. The van der Waals surface area contributed by atoms with Gasteiger partial charge in [0.15, 0.2) is 0 Å². The number of piperazine rings is 1. The van der Waals surface area contributed by atoms with Gasteiger partial charge in [-0.1, -0.05) is 6.07 Å². The molecule has 2 aromatic rings. The maximum Gasteiger partial charge on any atom is 0.241 e. The van der Waals surface area contributed by atoms with Crippen molar-refractivity contribution in [2.24, 2.45) is 0 Å². The lowest BCUT2D eigenvalue weighted by Crippen LogP contribution is -2.52.